The number of nitrogens with zero attached hydrogens (tertiary/aromatic N) is 2. The van der Waals surface area contributed by atoms with Crippen molar-refractivity contribution in [2.45, 2.75) is 38.1 Å². The fourth-order valence-corrected chi connectivity index (χ4v) is 2.99. The Morgan fingerprint density at radius 2 is 2.05 bits per heavy atom. The Hall–Kier alpha value is -1.62. The topological polar surface area (TPSA) is 57.3 Å². The zero-order chi connectivity index (χ0) is 15.3. The number of nitrogens with one attached hydrogen (secondary N) is 2. The van der Waals surface area contributed by atoms with E-state index in [1.165, 1.54) is 12.8 Å². The maximum absolute atomic E-state index is 12.2. The Morgan fingerprint density at radius 3 is 2.57 bits per heavy atom. The highest BCUT2D eigenvalue weighted by Gasteiger charge is 2.36. The van der Waals surface area contributed by atoms with Gasteiger partial charge in [-0.05, 0) is 46.0 Å². The van der Waals surface area contributed by atoms with Gasteiger partial charge in [0.15, 0.2) is 0 Å². The highest BCUT2D eigenvalue weighted by atomic mass is 16.1. The Bertz CT molecular complexity index is 464. The summed E-state index contributed by atoms with van der Waals surface area (Å²) in [5, 5.41) is 6.22. The van der Waals surface area contributed by atoms with Gasteiger partial charge < -0.3 is 15.5 Å². The minimum Gasteiger partial charge on any atom is -0.384 e. The number of likely N-dealkylation sites (N-methyl/N-ethyl adjacent to an activating group) is 1. The number of anilines is 1. The minimum atomic E-state index is -0.0915. The summed E-state index contributed by atoms with van der Waals surface area (Å²) in [6.45, 7) is 3.57. The molecule has 1 aromatic rings. The van der Waals surface area contributed by atoms with E-state index in [9.17, 15) is 4.79 Å². The third-order valence-electron chi connectivity index (χ3n) is 4.44. The predicted molar refractivity (Wildman–Crippen MR) is 85.6 cm³/mol. The summed E-state index contributed by atoms with van der Waals surface area (Å²) in [6.07, 6.45) is 6.48. The van der Waals surface area contributed by atoms with Crippen LogP contribution in [0, 0.1) is 0 Å². The molecular weight excluding hydrogens is 264 g/mol. The molecule has 1 fully saturated rings. The lowest BCUT2D eigenvalue weighted by Crippen LogP contribution is -2.50. The van der Waals surface area contributed by atoms with Gasteiger partial charge in [-0.1, -0.05) is 12.8 Å². The molecule has 0 aromatic carbocycles. The predicted octanol–water partition coefficient (Wildman–Crippen LogP) is 2.12. The minimum absolute atomic E-state index is 0.0915. The highest BCUT2D eigenvalue weighted by molar-refractivity contribution is 5.92. The normalized spacial score (nSPS) is 17.0. The molecule has 21 heavy (non-hydrogen) atoms. The van der Waals surface area contributed by atoms with Crippen molar-refractivity contribution in [3.8, 4) is 0 Å². The molecule has 2 rings (SSSR count). The molecule has 0 aliphatic heterocycles. The first-order valence-electron chi connectivity index (χ1n) is 7.73. The fourth-order valence-electron chi connectivity index (χ4n) is 2.99. The van der Waals surface area contributed by atoms with Crippen LogP contribution in [-0.4, -0.2) is 48.5 Å². The van der Waals surface area contributed by atoms with E-state index in [4.69, 9.17) is 0 Å². The number of hydrogen-bond acceptors (Lipinski definition) is 4. The molecule has 2 N–H and O–H groups in total. The summed E-state index contributed by atoms with van der Waals surface area (Å²) in [5.41, 5.74) is 1.53. The average molecular weight is 290 g/mol. The van der Waals surface area contributed by atoms with Crippen molar-refractivity contribution in [2.75, 3.05) is 32.5 Å². The Morgan fingerprint density at radius 1 is 1.33 bits per heavy atom. The van der Waals surface area contributed by atoms with Crippen LogP contribution in [0.4, 0.5) is 5.69 Å². The van der Waals surface area contributed by atoms with Crippen LogP contribution >= 0.6 is 0 Å². The van der Waals surface area contributed by atoms with Crippen LogP contribution in [-0.2, 0) is 0 Å². The maximum atomic E-state index is 12.2. The third-order valence-corrected chi connectivity index (χ3v) is 4.44. The molecule has 1 saturated carbocycles. The summed E-state index contributed by atoms with van der Waals surface area (Å²) in [7, 11) is 4.20. The largest absolute Gasteiger partial charge is 0.384 e. The van der Waals surface area contributed by atoms with Gasteiger partial charge in [-0.3, -0.25) is 4.79 Å². The number of carbonyl (C=O) groups excluding carboxylic acids is 1. The van der Waals surface area contributed by atoms with Crippen LogP contribution in [0.1, 0.15) is 43.1 Å². The molecule has 0 atom stereocenters. The van der Waals surface area contributed by atoms with E-state index in [1.807, 2.05) is 13.0 Å². The van der Waals surface area contributed by atoms with Crippen LogP contribution in [0.2, 0.25) is 0 Å². The van der Waals surface area contributed by atoms with Gasteiger partial charge in [0.05, 0.1) is 11.9 Å². The van der Waals surface area contributed by atoms with Gasteiger partial charge in [0, 0.05) is 18.6 Å². The van der Waals surface area contributed by atoms with Gasteiger partial charge >= 0.3 is 0 Å². The van der Waals surface area contributed by atoms with E-state index in [0.717, 1.165) is 25.1 Å². The molecule has 1 aromatic heterocycles. The Kier molecular flexibility index (Phi) is 5.17. The van der Waals surface area contributed by atoms with Gasteiger partial charge in [-0.25, -0.2) is 4.98 Å². The molecular formula is C16H26N4O. The summed E-state index contributed by atoms with van der Waals surface area (Å²) < 4.78 is 0. The highest BCUT2D eigenvalue weighted by Crippen LogP contribution is 2.33. The van der Waals surface area contributed by atoms with E-state index in [1.54, 1.807) is 12.3 Å². The van der Waals surface area contributed by atoms with Gasteiger partial charge in [0.1, 0.15) is 5.69 Å². The van der Waals surface area contributed by atoms with Crippen molar-refractivity contribution in [3.05, 3.63) is 24.0 Å². The number of rotatable bonds is 6. The second-order valence-corrected chi connectivity index (χ2v) is 5.97. The average Bonchev–Trinajstić information content (AvgIpc) is 2.96. The summed E-state index contributed by atoms with van der Waals surface area (Å²) in [5.74, 6) is -0.0915. The second-order valence-electron chi connectivity index (χ2n) is 5.97. The van der Waals surface area contributed by atoms with E-state index in [-0.39, 0.29) is 11.4 Å². The van der Waals surface area contributed by atoms with Crippen molar-refractivity contribution < 1.29 is 4.79 Å². The SMILES string of the molecule is CCNc1ccc(C(=O)NCC2(N(C)C)CCCC2)nc1. The van der Waals surface area contributed by atoms with Crippen LogP contribution in [0.3, 0.4) is 0 Å². The van der Waals surface area contributed by atoms with E-state index >= 15 is 0 Å². The van der Waals surface area contributed by atoms with Gasteiger partial charge in [0.25, 0.3) is 5.91 Å². The van der Waals surface area contributed by atoms with Crippen LogP contribution in [0.25, 0.3) is 0 Å². The molecule has 0 saturated heterocycles. The molecule has 1 amide bonds. The second kappa shape index (κ2) is 6.89. The molecule has 0 unspecified atom stereocenters. The third kappa shape index (κ3) is 3.73. The lowest BCUT2D eigenvalue weighted by molar-refractivity contribution is 0.0895. The lowest BCUT2D eigenvalue weighted by Gasteiger charge is -2.36. The summed E-state index contributed by atoms with van der Waals surface area (Å²) in [6, 6.07) is 3.66. The van der Waals surface area contributed by atoms with Crippen molar-refractivity contribution in [1.29, 1.82) is 0 Å². The van der Waals surface area contributed by atoms with Crippen molar-refractivity contribution in [1.82, 2.24) is 15.2 Å². The molecule has 5 nitrogen and oxygen atoms in total. The lowest BCUT2D eigenvalue weighted by atomic mass is 9.96. The zero-order valence-electron chi connectivity index (χ0n) is 13.3. The molecule has 0 radical (unpaired) electrons. The van der Waals surface area contributed by atoms with Gasteiger partial charge in [-0.2, -0.15) is 0 Å². The van der Waals surface area contributed by atoms with Gasteiger partial charge in [0.2, 0.25) is 0 Å². The van der Waals surface area contributed by atoms with Crippen molar-refractivity contribution in [2.24, 2.45) is 0 Å². The first-order chi connectivity index (χ1) is 10.1. The molecule has 1 aliphatic rings. The smallest absolute Gasteiger partial charge is 0.269 e. The summed E-state index contributed by atoms with van der Waals surface area (Å²) >= 11 is 0. The molecule has 1 heterocycles. The first kappa shape index (κ1) is 15.8. The van der Waals surface area contributed by atoms with E-state index in [2.05, 4.69) is 34.6 Å². The number of amides is 1. The molecule has 116 valence electrons. The first-order valence-corrected chi connectivity index (χ1v) is 7.73. The molecule has 0 bridgehead atoms. The van der Waals surface area contributed by atoms with Crippen LogP contribution in [0.5, 0.6) is 0 Å². The number of pyridine rings is 1. The van der Waals surface area contributed by atoms with Crippen LogP contribution in [0.15, 0.2) is 18.3 Å². The molecule has 1 aliphatic carbocycles. The van der Waals surface area contributed by atoms with Gasteiger partial charge in [-0.15, -0.1) is 0 Å². The van der Waals surface area contributed by atoms with Crippen molar-refractivity contribution >= 4 is 11.6 Å². The Labute approximate surface area is 127 Å². The molecule has 0 spiro atoms. The fraction of sp³-hybridized carbons (Fsp3) is 0.625. The summed E-state index contributed by atoms with van der Waals surface area (Å²) in [4.78, 5) is 18.7. The zero-order valence-corrected chi connectivity index (χ0v) is 13.3. The maximum Gasteiger partial charge on any atom is 0.269 e. The quantitative estimate of drug-likeness (QED) is 0.842. The Balaban J connectivity index is 1.94. The number of hydrogen-bond donors (Lipinski definition) is 2. The number of carbonyl (C=O) groups is 1. The van der Waals surface area contributed by atoms with E-state index < -0.39 is 0 Å². The van der Waals surface area contributed by atoms with E-state index in [0.29, 0.717) is 12.2 Å². The standard InChI is InChI=1S/C16H26N4O/c1-4-17-13-7-8-14(18-11-13)15(21)19-12-16(20(2)3)9-5-6-10-16/h7-8,11,17H,4-6,9-10,12H2,1-3H3,(H,19,21). The van der Waals surface area contributed by atoms with Crippen LogP contribution < -0.4 is 10.6 Å². The van der Waals surface area contributed by atoms with Crippen molar-refractivity contribution in [3.63, 3.8) is 0 Å². The number of aromatic nitrogens is 1. The monoisotopic (exact) mass is 290 g/mol. The molecule has 5 heteroatoms.